The summed E-state index contributed by atoms with van der Waals surface area (Å²) in [5, 5.41) is 0. The SMILES string of the molecule is CCN(CC1CCC1)CC1(C=O)CCCC1. The zero-order chi connectivity index (χ0) is 11.4. The summed E-state index contributed by atoms with van der Waals surface area (Å²) < 4.78 is 0. The third-order valence-electron chi connectivity index (χ3n) is 4.58. The minimum absolute atomic E-state index is 0.0136. The molecule has 0 spiro atoms. The molecule has 2 heteroatoms. The van der Waals surface area contributed by atoms with Gasteiger partial charge in [-0.15, -0.1) is 0 Å². The van der Waals surface area contributed by atoms with Gasteiger partial charge >= 0.3 is 0 Å². The van der Waals surface area contributed by atoms with Gasteiger partial charge in [0.2, 0.25) is 0 Å². The van der Waals surface area contributed by atoms with E-state index in [2.05, 4.69) is 11.8 Å². The highest BCUT2D eigenvalue weighted by Crippen LogP contribution is 2.37. The second-order valence-electron chi connectivity index (χ2n) is 5.81. The predicted octanol–water partition coefficient (Wildman–Crippen LogP) is 2.87. The fourth-order valence-corrected chi connectivity index (χ4v) is 3.18. The fourth-order valence-electron chi connectivity index (χ4n) is 3.18. The first-order valence-corrected chi connectivity index (χ1v) is 6.97. The number of carbonyl (C=O) groups is 1. The van der Waals surface area contributed by atoms with Crippen LogP contribution in [0.4, 0.5) is 0 Å². The van der Waals surface area contributed by atoms with Crippen molar-refractivity contribution in [3.63, 3.8) is 0 Å². The zero-order valence-corrected chi connectivity index (χ0v) is 10.6. The summed E-state index contributed by atoms with van der Waals surface area (Å²) in [7, 11) is 0. The summed E-state index contributed by atoms with van der Waals surface area (Å²) >= 11 is 0. The Morgan fingerprint density at radius 2 is 1.94 bits per heavy atom. The highest BCUT2D eigenvalue weighted by Gasteiger charge is 2.35. The Balaban J connectivity index is 1.85. The van der Waals surface area contributed by atoms with Gasteiger partial charge < -0.3 is 9.69 Å². The van der Waals surface area contributed by atoms with Crippen LogP contribution >= 0.6 is 0 Å². The molecule has 0 atom stereocenters. The summed E-state index contributed by atoms with van der Waals surface area (Å²) in [6.45, 7) is 5.58. The van der Waals surface area contributed by atoms with Crippen molar-refractivity contribution >= 4 is 6.29 Å². The molecule has 0 saturated heterocycles. The molecule has 0 aromatic heterocycles. The molecule has 0 radical (unpaired) electrons. The molecule has 2 rings (SSSR count). The molecule has 0 aliphatic heterocycles. The predicted molar refractivity (Wildman–Crippen MR) is 66.4 cm³/mol. The highest BCUT2D eigenvalue weighted by molar-refractivity contribution is 5.60. The summed E-state index contributed by atoms with van der Waals surface area (Å²) in [4.78, 5) is 13.8. The van der Waals surface area contributed by atoms with Gasteiger partial charge in [0, 0.05) is 18.5 Å². The largest absolute Gasteiger partial charge is 0.303 e. The van der Waals surface area contributed by atoms with Crippen molar-refractivity contribution in [1.29, 1.82) is 0 Å². The second kappa shape index (κ2) is 5.31. The van der Waals surface area contributed by atoms with E-state index in [1.54, 1.807) is 0 Å². The molecule has 0 bridgehead atoms. The number of hydrogen-bond acceptors (Lipinski definition) is 2. The Kier molecular flexibility index (Phi) is 4.01. The van der Waals surface area contributed by atoms with Crippen LogP contribution in [0.15, 0.2) is 0 Å². The van der Waals surface area contributed by atoms with E-state index in [0.29, 0.717) is 0 Å². The Morgan fingerprint density at radius 1 is 1.25 bits per heavy atom. The van der Waals surface area contributed by atoms with Crippen molar-refractivity contribution in [3.05, 3.63) is 0 Å². The number of carbonyl (C=O) groups excluding carboxylic acids is 1. The lowest BCUT2D eigenvalue weighted by atomic mass is 9.83. The molecule has 0 heterocycles. The highest BCUT2D eigenvalue weighted by atomic mass is 16.1. The van der Waals surface area contributed by atoms with Crippen LogP contribution in [0, 0.1) is 11.3 Å². The van der Waals surface area contributed by atoms with E-state index in [1.165, 1.54) is 44.9 Å². The van der Waals surface area contributed by atoms with E-state index in [4.69, 9.17) is 0 Å². The van der Waals surface area contributed by atoms with Gasteiger partial charge in [0.25, 0.3) is 0 Å². The van der Waals surface area contributed by atoms with E-state index in [-0.39, 0.29) is 5.41 Å². The molecule has 0 aromatic carbocycles. The first-order valence-electron chi connectivity index (χ1n) is 6.97. The van der Waals surface area contributed by atoms with Gasteiger partial charge in [-0.05, 0) is 38.1 Å². The minimum Gasteiger partial charge on any atom is -0.303 e. The Labute approximate surface area is 99.4 Å². The van der Waals surface area contributed by atoms with E-state index in [1.807, 2.05) is 0 Å². The molecule has 2 fully saturated rings. The molecule has 2 aliphatic rings. The van der Waals surface area contributed by atoms with Crippen molar-refractivity contribution in [2.75, 3.05) is 19.6 Å². The zero-order valence-electron chi connectivity index (χ0n) is 10.6. The third-order valence-corrected chi connectivity index (χ3v) is 4.58. The van der Waals surface area contributed by atoms with Crippen LogP contribution in [0.2, 0.25) is 0 Å². The van der Waals surface area contributed by atoms with Gasteiger partial charge in [-0.2, -0.15) is 0 Å². The molecule has 16 heavy (non-hydrogen) atoms. The maximum atomic E-state index is 11.3. The van der Waals surface area contributed by atoms with Crippen molar-refractivity contribution in [1.82, 2.24) is 4.90 Å². The Hall–Kier alpha value is -0.370. The third kappa shape index (κ3) is 2.65. The second-order valence-corrected chi connectivity index (χ2v) is 5.81. The average molecular weight is 223 g/mol. The summed E-state index contributed by atoms with van der Waals surface area (Å²) in [5.74, 6) is 0.921. The average Bonchev–Trinajstić information content (AvgIpc) is 2.71. The number of hydrogen-bond donors (Lipinski definition) is 0. The number of rotatable bonds is 6. The molecular formula is C14H25NO. The molecular weight excluding hydrogens is 198 g/mol. The Bertz CT molecular complexity index is 229. The van der Waals surface area contributed by atoms with Gasteiger partial charge in [-0.3, -0.25) is 0 Å². The van der Waals surface area contributed by atoms with Gasteiger partial charge in [0.05, 0.1) is 0 Å². The van der Waals surface area contributed by atoms with E-state index < -0.39 is 0 Å². The summed E-state index contributed by atoms with van der Waals surface area (Å²) in [5.41, 5.74) is 0.0136. The van der Waals surface area contributed by atoms with Crippen molar-refractivity contribution < 1.29 is 4.79 Å². The van der Waals surface area contributed by atoms with Crippen molar-refractivity contribution in [2.45, 2.75) is 51.9 Å². The first-order chi connectivity index (χ1) is 7.78. The molecule has 0 amide bonds. The lowest BCUT2D eigenvalue weighted by molar-refractivity contribution is -0.117. The lowest BCUT2D eigenvalue weighted by Crippen LogP contribution is -2.41. The molecule has 2 aliphatic carbocycles. The first kappa shape index (κ1) is 12.1. The maximum Gasteiger partial charge on any atom is 0.127 e. The van der Waals surface area contributed by atoms with Gasteiger partial charge in [-0.25, -0.2) is 0 Å². The van der Waals surface area contributed by atoms with Crippen LogP contribution in [-0.2, 0) is 4.79 Å². The monoisotopic (exact) mass is 223 g/mol. The summed E-state index contributed by atoms with van der Waals surface area (Å²) in [6, 6.07) is 0. The molecule has 0 unspecified atom stereocenters. The quantitative estimate of drug-likeness (QED) is 0.645. The van der Waals surface area contributed by atoms with Crippen LogP contribution < -0.4 is 0 Å². The normalized spacial score (nSPS) is 24.6. The maximum absolute atomic E-state index is 11.3. The molecule has 0 aromatic rings. The fraction of sp³-hybridized carbons (Fsp3) is 0.929. The van der Waals surface area contributed by atoms with E-state index >= 15 is 0 Å². The van der Waals surface area contributed by atoms with Crippen LogP contribution in [0.1, 0.15) is 51.9 Å². The molecule has 2 nitrogen and oxygen atoms in total. The standard InChI is InChI=1S/C14H25NO/c1-2-15(10-13-6-5-7-13)11-14(12-16)8-3-4-9-14/h12-13H,2-11H2,1H3. The van der Waals surface area contributed by atoms with Crippen LogP contribution in [0.3, 0.4) is 0 Å². The topological polar surface area (TPSA) is 20.3 Å². The molecule has 2 saturated carbocycles. The van der Waals surface area contributed by atoms with Crippen LogP contribution in [-0.4, -0.2) is 30.8 Å². The molecule has 0 N–H and O–H groups in total. The smallest absolute Gasteiger partial charge is 0.127 e. The van der Waals surface area contributed by atoms with Gasteiger partial charge in [0.1, 0.15) is 6.29 Å². The van der Waals surface area contributed by atoms with Gasteiger partial charge in [0.15, 0.2) is 0 Å². The number of nitrogens with zero attached hydrogens (tertiary/aromatic N) is 1. The number of aldehydes is 1. The van der Waals surface area contributed by atoms with Crippen molar-refractivity contribution in [3.8, 4) is 0 Å². The Morgan fingerprint density at radius 3 is 2.38 bits per heavy atom. The summed E-state index contributed by atoms with van der Waals surface area (Å²) in [6.07, 6.45) is 10.2. The van der Waals surface area contributed by atoms with E-state index in [9.17, 15) is 4.79 Å². The molecule has 92 valence electrons. The minimum atomic E-state index is 0.0136. The van der Waals surface area contributed by atoms with Gasteiger partial charge in [-0.1, -0.05) is 26.2 Å². The van der Waals surface area contributed by atoms with Crippen LogP contribution in [0.5, 0.6) is 0 Å². The van der Waals surface area contributed by atoms with E-state index in [0.717, 1.165) is 31.8 Å². The van der Waals surface area contributed by atoms with Crippen molar-refractivity contribution in [2.24, 2.45) is 11.3 Å². The lowest BCUT2D eigenvalue weighted by Gasteiger charge is -2.35. The van der Waals surface area contributed by atoms with Crippen LogP contribution in [0.25, 0.3) is 0 Å².